The molecule has 4 nitrogen and oxygen atoms in total. The highest BCUT2D eigenvalue weighted by atomic mass is 32.2. The van der Waals surface area contributed by atoms with Gasteiger partial charge >= 0.3 is 0 Å². The van der Waals surface area contributed by atoms with E-state index in [4.69, 9.17) is 0 Å². The van der Waals surface area contributed by atoms with Gasteiger partial charge in [-0.1, -0.05) is 12.1 Å². The average Bonchev–Trinajstić information content (AvgIpc) is 2.88. The van der Waals surface area contributed by atoms with E-state index in [2.05, 4.69) is 51.6 Å². The third kappa shape index (κ3) is 3.65. The largest absolute Gasteiger partial charge is 0.370 e. The van der Waals surface area contributed by atoms with Gasteiger partial charge in [-0.25, -0.2) is 0 Å². The van der Waals surface area contributed by atoms with E-state index >= 15 is 0 Å². The van der Waals surface area contributed by atoms with Crippen LogP contribution in [0.3, 0.4) is 0 Å². The normalized spacial score (nSPS) is 15.3. The Kier molecular flexibility index (Phi) is 5.05. The van der Waals surface area contributed by atoms with Crippen LogP contribution in [0, 0.1) is 13.8 Å². The number of nitrogens with one attached hydrogen (secondary N) is 2. The van der Waals surface area contributed by atoms with Crippen LogP contribution in [-0.2, 0) is 13.1 Å². The van der Waals surface area contributed by atoms with Crippen LogP contribution in [0.25, 0.3) is 0 Å². The molecule has 2 heterocycles. The molecule has 0 unspecified atom stereocenters. The second-order valence-corrected chi connectivity index (χ2v) is 7.01. The van der Waals surface area contributed by atoms with Crippen LogP contribution in [-0.4, -0.2) is 34.8 Å². The zero-order chi connectivity index (χ0) is 15.4. The summed E-state index contributed by atoms with van der Waals surface area (Å²) in [7, 11) is 0. The zero-order valence-corrected chi connectivity index (χ0v) is 14.2. The summed E-state index contributed by atoms with van der Waals surface area (Å²) in [5, 5.41) is 10.8. The fourth-order valence-corrected chi connectivity index (χ4v) is 3.72. The van der Waals surface area contributed by atoms with Gasteiger partial charge in [-0.3, -0.25) is 5.10 Å². The molecule has 3 rings (SSSR count). The first-order valence-electron chi connectivity index (χ1n) is 7.87. The molecule has 0 saturated carbocycles. The molecule has 1 aliphatic heterocycles. The minimum absolute atomic E-state index is 0.860. The SMILES string of the molecule is Cc1n[nH]c(C)c1CNCc1ccc(N2CCSCC2)cc1. The zero-order valence-electron chi connectivity index (χ0n) is 13.4. The van der Waals surface area contributed by atoms with E-state index in [9.17, 15) is 0 Å². The van der Waals surface area contributed by atoms with Crippen molar-refractivity contribution in [3.05, 3.63) is 46.8 Å². The van der Waals surface area contributed by atoms with Crippen LogP contribution in [0.1, 0.15) is 22.5 Å². The smallest absolute Gasteiger partial charge is 0.0638 e. The van der Waals surface area contributed by atoms with E-state index in [0.29, 0.717) is 0 Å². The Morgan fingerprint density at radius 3 is 2.50 bits per heavy atom. The third-order valence-electron chi connectivity index (χ3n) is 4.22. The number of nitrogens with zero attached hydrogens (tertiary/aromatic N) is 2. The van der Waals surface area contributed by atoms with Crippen molar-refractivity contribution in [2.45, 2.75) is 26.9 Å². The highest BCUT2D eigenvalue weighted by molar-refractivity contribution is 7.99. The summed E-state index contributed by atoms with van der Waals surface area (Å²) >= 11 is 2.05. The maximum absolute atomic E-state index is 4.23. The topological polar surface area (TPSA) is 44.0 Å². The molecule has 22 heavy (non-hydrogen) atoms. The molecule has 1 aromatic heterocycles. The fourth-order valence-electron chi connectivity index (χ4n) is 2.81. The molecule has 1 fully saturated rings. The molecule has 0 spiro atoms. The molecule has 1 aliphatic rings. The number of hydrogen-bond donors (Lipinski definition) is 2. The van der Waals surface area contributed by atoms with Gasteiger partial charge in [0.2, 0.25) is 0 Å². The van der Waals surface area contributed by atoms with Crippen LogP contribution >= 0.6 is 11.8 Å². The van der Waals surface area contributed by atoms with Crippen molar-refractivity contribution in [1.29, 1.82) is 0 Å². The molecule has 2 N–H and O–H groups in total. The minimum Gasteiger partial charge on any atom is -0.370 e. The van der Waals surface area contributed by atoms with Gasteiger partial charge in [0.05, 0.1) is 5.69 Å². The highest BCUT2D eigenvalue weighted by Crippen LogP contribution is 2.20. The number of anilines is 1. The van der Waals surface area contributed by atoms with Crippen molar-refractivity contribution in [2.75, 3.05) is 29.5 Å². The Labute approximate surface area is 136 Å². The maximum Gasteiger partial charge on any atom is 0.0638 e. The van der Waals surface area contributed by atoms with Crippen molar-refractivity contribution in [1.82, 2.24) is 15.5 Å². The van der Waals surface area contributed by atoms with Gasteiger partial charge in [0.25, 0.3) is 0 Å². The van der Waals surface area contributed by atoms with Crippen molar-refractivity contribution in [3.8, 4) is 0 Å². The van der Waals surface area contributed by atoms with Gasteiger partial charge < -0.3 is 10.2 Å². The van der Waals surface area contributed by atoms with Gasteiger partial charge in [-0.05, 0) is 31.5 Å². The summed E-state index contributed by atoms with van der Waals surface area (Å²) in [5.74, 6) is 2.49. The minimum atomic E-state index is 0.860. The first-order valence-corrected chi connectivity index (χ1v) is 9.02. The quantitative estimate of drug-likeness (QED) is 0.890. The van der Waals surface area contributed by atoms with E-state index in [1.54, 1.807) is 0 Å². The van der Waals surface area contributed by atoms with Gasteiger partial charge in [-0.15, -0.1) is 0 Å². The molecule has 118 valence electrons. The number of thioether (sulfide) groups is 1. The summed E-state index contributed by atoms with van der Waals surface area (Å²) in [6, 6.07) is 8.97. The van der Waals surface area contributed by atoms with Gasteiger partial charge in [0, 0.05) is 54.6 Å². The monoisotopic (exact) mass is 316 g/mol. The van der Waals surface area contributed by atoms with Crippen molar-refractivity contribution < 1.29 is 0 Å². The fraction of sp³-hybridized carbons (Fsp3) is 0.471. The lowest BCUT2D eigenvalue weighted by Crippen LogP contribution is -2.32. The lowest BCUT2D eigenvalue weighted by Gasteiger charge is -2.28. The Bertz CT molecular complexity index is 580. The Balaban J connectivity index is 1.53. The Morgan fingerprint density at radius 2 is 1.86 bits per heavy atom. The second kappa shape index (κ2) is 7.20. The van der Waals surface area contributed by atoms with Crippen LogP contribution in [0.2, 0.25) is 0 Å². The molecule has 0 atom stereocenters. The standard InChI is InChI=1S/C17H24N4S/c1-13-17(14(2)20-19-13)12-18-11-15-3-5-16(6-4-15)21-7-9-22-10-8-21/h3-6,18H,7-12H2,1-2H3,(H,19,20). The predicted octanol–water partition coefficient (Wildman–Crippen LogP) is 2.87. The van der Waals surface area contributed by atoms with E-state index in [1.165, 1.54) is 41.4 Å². The number of hydrogen-bond acceptors (Lipinski definition) is 4. The first-order chi connectivity index (χ1) is 10.7. The van der Waals surface area contributed by atoms with E-state index in [0.717, 1.165) is 24.5 Å². The molecular formula is C17H24N4S. The molecule has 1 saturated heterocycles. The highest BCUT2D eigenvalue weighted by Gasteiger charge is 2.10. The van der Waals surface area contributed by atoms with Gasteiger partial charge in [0.15, 0.2) is 0 Å². The Hall–Kier alpha value is -1.46. The van der Waals surface area contributed by atoms with Crippen LogP contribution < -0.4 is 10.2 Å². The summed E-state index contributed by atoms with van der Waals surface area (Å²) in [5.41, 5.74) is 6.20. The lowest BCUT2D eigenvalue weighted by molar-refractivity contribution is 0.688. The predicted molar refractivity (Wildman–Crippen MR) is 94.6 cm³/mol. The number of aryl methyl sites for hydroxylation is 2. The number of H-pyrrole nitrogens is 1. The molecule has 1 aromatic carbocycles. The number of aromatic amines is 1. The van der Waals surface area contributed by atoms with E-state index < -0.39 is 0 Å². The first kappa shape index (κ1) is 15.4. The van der Waals surface area contributed by atoms with Gasteiger partial charge in [-0.2, -0.15) is 16.9 Å². The van der Waals surface area contributed by atoms with Gasteiger partial charge in [0.1, 0.15) is 0 Å². The average molecular weight is 316 g/mol. The second-order valence-electron chi connectivity index (χ2n) is 5.78. The Morgan fingerprint density at radius 1 is 1.14 bits per heavy atom. The molecule has 0 amide bonds. The molecule has 5 heteroatoms. The summed E-state index contributed by atoms with van der Waals surface area (Å²) in [4.78, 5) is 2.48. The maximum atomic E-state index is 4.23. The van der Waals surface area contributed by atoms with Crippen LogP contribution in [0.15, 0.2) is 24.3 Å². The van der Waals surface area contributed by atoms with Crippen molar-refractivity contribution >= 4 is 17.4 Å². The molecule has 0 bridgehead atoms. The summed E-state index contributed by atoms with van der Waals surface area (Å²) < 4.78 is 0. The van der Waals surface area contributed by atoms with Crippen LogP contribution in [0.5, 0.6) is 0 Å². The molecule has 0 radical (unpaired) electrons. The van der Waals surface area contributed by atoms with E-state index in [1.807, 2.05) is 18.7 Å². The summed E-state index contributed by atoms with van der Waals surface area (Å²) in [6.45, 7) is 8.21. The summed E-state index contributed by atoms with van der Waals surface area (Å²) in [6.07, 6.45) is 0. The van der Waals surface area contributed by atoms with Crippen LogP contribution in [0.4, 0.5) is 5.69 Å². The molecule has 2 aromatic rings. The number of aromatic nitrogens is 2. The lowest BCUT2D eigenvalue weighted by atomic mass is 10.1. The molecule has 0 aliphatic carbocycles. The molecular weight excluding hydrogens is 292 g/mol. The number of benzene rings is 1. The third-order valence-corrected chi connectivity index (χ3v) is 5.17. The number of rotatable bonds is 5. The van der Waals surface area contributed by atoms with E-state index in [-0.39, 0.29) is 0 Å². The van der Waals surface area contributed by atoms with Crippen molar-refractivity contribution in [2.24, 2.45) is 0 Å². The van der Waals surface area contributed by atoms with Crippen molar-refractivity contribution in [3.63, 3.8) is 0 Å².